The number of carboxylic acid groups (broad SMARTS) is 1. The molecule has 2 heterocycles. The van der Waals surface area contributed by atoms with Gasteiger partial charge in [-0.05, 0) is 29.2 Å². The van der Waals surface area contributed by atoms with Gasteiger partial charge in [0.05, 0.1) is 6.54 Å². The van der Waals surface area contributed by atoms with E-state index in [9.17, 15) is 24.3 Å². The fourth-order valence-corrected chi connectivity index (χ4v) is 4.75. The first kappa shape index (κ1) is 28.4. The van der Waals surface area contributed by atoms with Crippen molar-refractivity contribution in [2.45, 2.75) is 44.8 Å². The second-order valence-electron chi connectivity index (χ2n) is 10.1. The molecule has 11 heteroatoms. The molecule has 0 spiro atoms. The second kappa shape index (κ2) is 12.5. The quantitative estimate of drug-likeness (QED) is 0.142. The lowest BCUT2D eigenvalue weighted by atomic mass is 9.99. The van der Waals surface area contributed by atoms with Crippen molar-refractivity contribution in [3.63, 3.8) is 0 Å². The number of nitrogens with one attached hydrogen (secondary N) is 5. The third-order valence-electron chi connectivity index (χ3n) is 6.90. The van der Waals surface area contributed by atoms with Crippen LogP contribution in [0.3, 0.4) is 0 Å². The van der Waals surface area contributed by atoms with Crippen LogP contribution in [0, 0.1) is 5.92 Å². The van der Waals surface area contributed by atoms with Crippen LogP contribution in [0.1, 0.15) is 25.0 Å². The van der Waals surface area contributed by atoms with Gasteiger partial charge in [-0.3, -0.25) is 14.4 Å². The number of rotatable bonds is 12. The van der Waals surface area contributed by atoms with Gasteiger partial charge in [0, 0.05) is 47.0 Å². The normalized spacial score (nSPS) is 13.6. The molecule has 210 valence electrons. The average Bonchev–Trinajstić information content (AvgIpc) is 3.54. The Morgan fingerprint density at radius 3 is 1.80 bits per heavy atom. The van der Waals surface area contributed by atoms with Gasteiger partial charge in [0.25, 0.3) is 0 Å². The number of carbonyl (C=O) groups excluding carboxylic acids is 3. The summed E-state index contributed by atoms with van der Waals surface area (Å²) < 4.78 is 0. The van der Waals surface area contributed by atoms with Gasteiger partial charge in [-0.25, -0.2) is 4.79 Å². The van der Waals surface area contributed by atoms with Gasteiger partial charge in [-0.2, -0.15) is 0 Å². The molecule has 4 aromatic rings. The number of amides is 3. The SMILES string of the molecule is CC(C)C(NC(=O)C(Cc1c[nH]c2ccccc12)NC(=O)CN)C(=O)NC(Cc1c[nH]c2ccccc12)C(=O)O. The summed E-state index contributed by atoms with van der Waals surface area (Å²) in [6.45, 7) is 3.18. The number of hydrogen-bond acceptors (Lipinski definition) is 5. The minimum absolute atomic E-state index is 0.0552. The monoisotopic (exact) mass is 546 g/mol. The molecule has 0 aliphatic rings. The fraction of sp³-hybridized carbons (Fsp3) is 0.310. The Hall–Kier alpha value is -4.64. The van der Waals surface area contributed by atoms with Crippen LogP contribution in [-0.2, 0) is 32.0 Å². The van der Waals surface area contributed by atoms with Gasteiger partial charge >= 0.3 is 5.97 Å². The van der Waals surface area contributed by atoms with Crippen LogP contribution in [-0.4, -0.2) is 63.4 Å². The van der Waals surface area contributed by atoms with Crippen LogP contribution >= 0.6 is 0 Å². The summed E-state index contributed by atoms with van der Waals surface area (Å²) in [4.78, 5) is 57.2. The van der Waals surface area contributed by atoms with Crippen molar-refractivity contribution in [1.82, 2.24) is 25.9 Å². The van der Waals surface area contributed by atoms with Crippen LogP contribution in [0.15, 0.2) is 60.9 Å². The van der Waals surface area contributed by atoms with Crippen molar-refractivity contribution in [1.29, 1.82) is 0 Å². The molecule has 11 nitrogen and oxygen atoms in total. The van der Waals surface area contributed by atoms with Gasteiger partial charge in [-0.1, -0.05) is 50.2 Å². The lowest BCUT2D eigenvalue weighted by molar-refractivity contribution is -0.142. The lowest BCUT2D eigenvalue weighted by Crippen LogP contribution is -2.58. The molecule has 4 rings (SSSR count). The number of benzene rings is 2. The highest BCUT2D eigenvalue weighted by molar-refractivity contribution is 5.95. The number of carboxylic acids is 1. The number of aromatic amines is 2. The summed E-state index contributed by atoms with van der Waals surface area (Å²) in [6, 6.07) is 11.8. The van der Waals surface area contributed by atoms with Crippen molar-refractivity contribution in [2.24, 2.45) is 11.7 Å². The third-order valence-corrected chi connectivity index (χ3v) is 6.90. The van der Waals surface area contributed by atoms with E-state index < -0.39 is 41.8 Å². The highest BCUT2D eigenvalue weighted by Crippen LogP contribution is 2.21. The first-order valence-corrected chi connectivity index (χ1v) is 13.1. The summed E-state index contributed by atoms with van der Waals surface area (Å²) >= 11 is 0. The molecule has 2 aromatic carbocycles. The summed E-state index contributed by atoms with van der Waals surface area (Å²) in [5.74, 6) is -3.29. The number of hydrogen-bond donors (Lipinski definition) is 7. The Bertz CT molecular complexity index is 1520. The predicted molar refractivity (Wildman–Crippen MR) is 151 cm³/mol. The van der Waals surface area contributed by atoms with Crippen LogP contribution in [0.5, 0.6) is 0 Å². The number of nitrogens with two attached hydrogens (primary N) is 1. The van der Waals surface area contributed by atoms with Crippen LogP contribution in [0.2, 0.25) is 0 Å². The predicted octanol–water partition coefficient (Wildman–Crippen LogP) is 1.59. The first-order chi connectivity index (χ1) is 19.2. The van der Waals surface area contributed by atoms with E-state index in [-0.39, 0.29) is 25.3 Å². The van der Waals surface area contributed by atoms with E-state index in [1.54, 1.807) is 26.2 Å². The fourth-order valence-electron chi connectivity index (χ4n) is 4.75. The van der Waals surface area contributed by atoms with Crippen molar-refractivity contribution >= 4 is 45.5 Å². The molecule has 40 heavy (non-hydrogen) atoms. The van der Waals surface area contributed by atoms with Gasteiger partial charge in [-0.15, -0.1) is 0 Å². The zero-order valence-electron chi connectivity index (χ0n) is 22.4. The summed E-state index contributed by atoms with van der Waals surface area (Å²) in [5.41, 5.74) is 8.79. The molecule has 3 atom stereocenters. The summed E-state index contributed by atoms with van der Waals surface area (Å²) in [6.07, 6.45) is 3.71. The largest absolute Gasteiger partial charge is 0.480 e. The molecule has 0 aliphatic heterocycles. The van der Waals surface area contributed by atoms with Crippen molar-refractivity contribution in [3.8, 4) is 0 Å². The smallest absolute Gasteiger partial charge is 0.326 e. The van der Waals surface area contributed by atoms with Crippen molar-refractivity contribution < 1.29 is 24.3 Å². The number of aromatic nitrogens is 2. The number of para-hydroxylation sites is 2. The van der Waals surface area contributed by atoms with E-state index in [2.05, 4.69) is 25.9 Å². The molecular formula is C29H34N6O5. The molecule has 3 unspecified atom stereocenters. The topological polar surface area (TPSA) is 182 Å². The van der Waals surface area contributed by atoms with E-state index in [1.807, 2.05) is 48.5 Å². The molecular weight excluding hydrogens is 512 g/mol. The molecule has 0 saturated heterocycles. The summed E-state index contributed by atoms with van der Waals surface area (Å²) in [5, 5.41) is 19.6. The Kier molecular flexibility index (Phi) is 8.85. The van der Waals surface area contributed by atoms with Crippen LogP contribution in [0.4, 0.5) is 0 Å². The number of aliphatic carboxylic acids is 1. The van der Waals surface area contributed by atoms with E-state index in [4.69, 9.17) is 5.73 Å². The lowest BCUT2D eigenvalue weighted by Gasteiger charge is -2.26. The van der Waals surface area contributed by atoms with E-state index in [0.29, 0.717) is 0 Å². The Morgan fingerprint density at radius 1 is 0.775 bits per heavy atom. The van der Waals surface area contributed by atoms with Gasteiger partial charge in [0.2, 0.25) is 17.7 Å². The van der Waals surface area contributed by atoms with Crippen LogP contribution < -0.4 is 21.7 Å². The van der Waals surface area contributed by atoms with Crippen LogP contribution in [0.25, 0.3) is 21.8 Å². The minimum Gasteiger partial charge on any atom is -0.480 e. The molecule has 3 amide bonds. The Labute approximate surface area is 230 Å². The Balaban J connectivity index is 1.50. The zero-order valence-corrected chi connectivity index (χ0v) is 22.4. The van der Waals surface area contributed by atoms with E-state index in [1.165, 1.54) is 0 Å². The second-order valence-corrected chi connectivity index (χ2v) is 10.1. The molecule has 0 aliphatic carbocycles. The number of carbonyl (C=O) groups is 4. The van der Waals surface area contributed by atoms with Gasteiger partial charge in [0.15, 0.2) is 0 Å². The Morgan fingerprint density at radius 2 is 1.30 bits per heavy atom. The number of H-pyrrole nitrogens is 2. The molecule has 0 saturated carbocycles. The standard InChI is InChI=1S/C29H34N6O5/c1-16(2)26(28(38)34-24(29(39)40)12-18-15-32-22-10-6-4-8-20(18)22)35-27(37)23(33-25(36)13-30)11-17-14-31-21-9-5-3-7-19(17)21/h3-10,14-16,23-24,26,31-32H,11-13,30H2,1-2H3,(H,33,36)(H,34,38)(H,35,37)(H,39,40). The molecule has 2 aromatic heterocycles. The number of fused-ring (bicyclic) bond motifs is 2. The van der Waals surface area contributed by atoms with Crippen molar-refractivity contribution in [3.05, 3.63) is 72.1 Å². The van der Waals surface area contributed by atoms with E-state index >= 15 is 0 Å². The maximum absolute atomic E-state index is 13.4. The molecule has 8 N–H and O–H groups in total. The van der Waals surface area contributed by atoms with Gasteiger partial charge in [0.1, 0.15) is 18.1 Å². The average molecular weight is 547 g/mol. The van der Waals surface area contributed by atoms with Gasteiger partial charge < -0.3 is 36.8 Å². The molecule has 0 radical (unpaired) electrons. The third kappa shape index (κ3) is 6.49. The zero-order chi connectivity index (χ0) is 28.8. The summed E-state index contributed by atoms with van der Waals surface area (Å²) in [7, 11) is 0. The maximum atomic E-state index is 13.4. The highest BCUT2D eigenvalue weighted by atomic mass is 16.4. The maximum Gasteiger partial charge on any atom is 0.326 e. The molecule has 0 fully saturated rings. The van der Waals surface area contributed by atoms with Crippen molar-refractivity contribution in [2.75, 3.05) is 6.54 Å². The highest BCUT2D eigenvalue weighted by Gasteiger charge is 2.32. The first-order valence-electron chi connectivity index (χ1n) is 13.1. The minimum atomic E-state index is -1.22. The molecule has 0 bridgehead atoms. The van der Waals surface area contributed by atoms with E-state index in [0.717, 1.165) is 32.9 Å².